The predicted octanol–water partition coefficient (Wildman–Crippen LogP) is 4.31. The molecule has 0 saturated carbocycles. The van der Waals surface area contributed by atoms with Gasteiger partial charge in [0, 0.05) is 16.8 Å². The van der Waals surface area contributed by atoms with Crippen LogP contribution in [-0.4, -0.2) is 21.7 Å². The molecule has 0 aliphatic heterocycles. The average molecular weight is 354 g/mol. The first-order valence-corrected chi connectivity index (χ1v) is 8.11. The number of aromatic amines is 1. The lowest BCUT2D eigenvalue weighted by atomic mass is 10.1. The van der Waals surface area contributed by atoms with Gasteiger partial charge in [0.15, 0.2) is 5.78 Å². The van der Waals surface area contributed by atoms with Crippen LogP contribution in [0.3, 0.4) is 0 Å². The minimum atomic E-state index is -0.361. The number of imidazole rings is 1. The highest BCUT2D eigenvalue weighted by molar-refractivity contribution is 6.30. The number of aromatic nitrogens is 2. The Labute approximate surface area is 150 Å². The lowest BCUT2D eigenvalue weighted by Gasteiger charge is -2.19. The van der Waals surface area contributed by atoms with Crippen LogP contribution in [0.15, 0.2) is 60.8 Å². The maximum atomic E-state index is 12.8. The molecular formula is C19H16ClN3O2. The normalized spacial score (nSPS) is 10.5. The molecule has 0 bridgehead atoms. The van der Waals surface area contributed by atoms with Crippen molar-refractivity contribution in [3.05, 3.63) is 77.1 Å². The number of rotatable bonds is 5. The number of hydrogen-bond donors (Lipinski definition) is 1. The molecule has 6 heteroatoms. The Morgan fingerprint density at radius 3 is 2.36 bits per heavy atom. The van der Waals surface area contributed by atoms with Gasteiger partial charge in [0.2, 0.25) is 11.9 Å². The highest BCUT2D eigenvalue weighted by Gasteiger charge is 2.23. The number of Topliss-reactive ketones (excluding diaryl/α,β-unsaturated/α-hetero) is 1. The summed E-state index contributed by atoms with van der Waals surface area (Å²) in [6, 6.07) is 15.6. The monoisotopic (exact) mass is 353 g/mol. The fourth-order valence-corrected chi connectivity index (χ4v) is 2.56. The number of amides is 1. The number of anilines is 2. The van der Waals surface area contributed by atoms with E-state index in [2.05, 4.69) is 9.97 Å². The van der Waals surface area contributed by atoms with Crippen LogP contribution in [0.5, 0.6) is 0 Å². The minimum absolute atomic E-state index is 0.268. The van der Waals surface area contributed by atoms with Gasteiger partial charge in [-0.2, -0.15) is 0 Å². The largest absolute Gasteiger partial charge is 0.330 e. The van der Waals surface area contributed by atoms with Gasteiger partial charge < -0.3 is 4.98 Å². The molecule has 1 heterocycles. The van der Waals surface area contributed by atoms with Crippen LogP contribution in [0.4, 0.5) is 11.6 Å². The molecule has 0 unspecified atom stereocenters. The van der Waals surface area contributed by atoms with Gasteiger partial charge in [-0.25, -0.2) is 9.88 Å². The Kier molecular flexibility index (Phi) is 4.95. The van der Waals surface area contributed by atoms with E-state index in [1.54, 1.807) is 42.6 Å². The van der Waals surface area contributed by atoms with Gasteiger partial charge in [-0.05, 0) is 43.3 Å². The molecule has 1 amide bonds. The summed E-state index contributed by atoms with van der Waals surface area (Å²) in [6.07, 6.45) is 1.44. The second-order valence-corrected chi connectivity index (χ2v) is 5.97. The molecule has 5 nitrogen and oxygen atoms in total. The Morgan fingerprint density at radius 1 is 1.08 bits per heavy atom. The van der Waals surface area contributed by atoms with E-state index in [0.29, 0.717) is 22.2 Å². The van der Waals surface area contributed by atoms with E-state index in [-0.39, 0.29) is 18.1 Å². The van der Waals surface area contributed by atoms with Crippen molar-refractivity contribution in [2.24, 2.45) is 0 Å². The number of benzene rings is 2. The van der Waals surface area contributed by atoms with E-state index in [4.69, 9.17) is 11.6 Å². The number of hydrogen-bond acceptors (Lipinski definition) is 3. The Morgan fingerprint density at radius 2 is 1.76 bits per heavy atom. The Bertz CT molecular complexity index is 889. The van der Waals surface area contributed by atoms with Crippen molar-refractivity contribution in [1.82, 2.24) is 9.97 Å². The lowest BCUT2D eigenvalue weighted by molar-refractivity contribution is -0.117. The molecule has 0 aliphatic carbocycles. The molecular weight excluding hydrogens is 338 g/mol. The zero-order valence-electron chi connectivity index (χ0n) is 13.6. The van der Waals surface area contributed by atoms with Gasteiger partial charge in [0.05, 0.1) is 17.8 Å². The quantitative estimate of drug-likeness (QED) is 0.549. The summed E-state index contributed by atoms with van der Waals surface area (Å²) in [6.45, 7) is 1.83. The molecule has 3 aromatic rings. The summed E-state index contributed by atoms with van der Waals surface area (Å²) in [5.74, 6) is -0.246. The summed E-state index contributed by atoms with van der Waals surface area (Å²) in [4.78, 5) is 33.9. The molecule has 3 rings (SSSR count). The first-order valence-electron chi connectivity index (χ1n) is 7.73. The molecule has 0 atom stereocenters. The summed E-state index contributed by atoms with van der Waals surface area (Å²) in [5.41, 5.74) is 1.85. The third-order valence-corrected chi connectivity index (χ3v) is 3.90. The maximum Gasteiger partial charge on any atom is 0.241 e. The second-order valence-electron chi connectivity index (χ2n) is 5.54. The van der Waals surface area contributed by atoms with Crippen LogP contribution in [0.2, 0.25) is 5.02 Å². The van der Waals surface area contributed by atoms with Crippen LogP contribution in [0.1, 0.15) is 22.5 Å². The molecule has 126 valence electrons. The van der Waals surface area contributed by atoms with Gasteiger partial charge in [-0.15, -0.1) is 0 Å². The van der Waals surface area contributed by atoms with Crippen LogP contribution >= 0.6 is 11.6 Å². The van der Waals surface area contributed by atoms with Crippen molar-refractivity contribution in [3.63, 3.8) is 0 Å². The summed E-state index contributed by atoms with van der Waals surface area (Å²) < 4.78 is 0. The lowest BCUT2D eigenvalue weighted by Crippen LogP contribution is -2.29. The fourth-order valence-electron chi connectivity index (χ4n) is 2.43. The van der Waals surface area contributed by atoms with Crippen molar-refractivity contribution < 1.29 is 9.59 Å². The number of ketones is 1. The number of para-hydroxylation sites is 1. The maximum absolute atomic E-state index is 12.8. The number of nitrogens with zero attached hydrogens (tertiary/aromatic N) is 2. The molecule has 25 heavy (non-hydrogen) atoms. The summed E-state index contributed by atoms with van der Waals surface area (Å²) >= 11 is 5.84. The molecule has 2 aromatic carbocycles. The van der Waals surface area contributed by atoms with Gasteiger partial charge in [-0.3, -0.25) is 9.59 Å². The minimum Gasteiger partial charge on any atom is -0.330 e. The number of carbonyl (C=O) groups excluding carboxylic acids is 2. The Balaban J connectivity index is 1.87. The predicted molar refractivity (Wildman–Crippen MR) is 97.3 cm³/mol. The van der Waals surface area contributed by atoms with Crippen molar-refractivity contribution in [2.45, 2.75) is 13.3 Å². The standard InChI is InChI=1S/C19H16ClN3O2/c1-13-12-21-19(22-13)23(16-5-3-2-4-6-16)18(25)11-17(24)14-7-9-15(20)10-8-14/h2-10,12H,11H2,1H3,(H,21,22). The zero-order chi connectivity index (χ0) is 17.8. The zero-order valence-corrected chi connectivity index (χ0v) is 14.3. The van der Waals surface area contributed by atoms with Crippen molar-refractivity contribution >= 4 is 34.9 Å². The van der Waals surface area contributed by atoms with Crippen LogP contribution < -0.4 is 4.90 Å². The molecule has 0 fully saturated rings. The first kappa shape index (κ1) is 16.9. The van der Waals surface area contributed by atoms with E-state index in [1.807, 2.05) is 25.1 Å². The van der Waals surface area contributed by atoms with Gasteiger partial charge in [0.25, 0.3) is 0 Å². The van der Waals surface area contributed by atoms with Crippen LogP contribution in [0, 0.1) is 6.92 Å². The van der Waals surface area contributed by atoms with E-state index in [0.717, 1.165) is 5.69 Å². The van der Waals surface area contributed by atoms with E-state index >= 15 is 0 Å². The van der Waals surface area contributed by atoms with Gasteiger partial charge in [-0.1, -0.05) is 29.8 Å². The highest BCUT2D eigenvalue weighted by atomic mass is 35.5. The van der Waals surface area contributed by atoms with E-state index in [1.165, 1.54) is 4.90 Å². The molecule has 1 aromatic heterocycles. The summed E-state index contributed by atoms with van der Waals surface area (Å²) in [7, 11) is 0. The first-order chi connectivity index (χ1) is 12.0. The SMILES string of the molecule is Cc1c[nH]c(N(C(=O)CC(=O)c2ccc(Cl)cc2)c2ccccc2)n1. The average Bonchev–Trinajstić information content (AvgIpc) is 3.02. The number of H-pyrrole nitrogens is 1. The third-order valence-electron chi connectivity index (χ3n) is 3.65. The van der Waals surface area contributed by atoms with Gasteiger partial charge in [0.1, 0.15) is 0 Å². The molecule has 0 radical (unpaired) electrons. The number of halogens is 1. The van der Waals surface area contributed by atoms with E-state index in [9.17, 15) is 9.59 Å². The van der Waals surface area contributed by atoms with E-state index < -0.39 is 0 Å². The number of aryl methyl sites for hydroxylation is 1. The van der Waals surface area contributed by atoms with Crippen molar-refractivity contribution in [2.75, 3.05) is 4.90 Å². The molecule has 0 aliphatic rings. The number of nitrogens with one attached hydrogen (secondary N) is 1. The van der Waals surface area contributed by atoms with Crippen molar-refractivity contribution in [3.8, 4) is 0 Å². The molecule has 0 spiro atoms. The second kappa shape index (κ2) is 7.32. The molecule has 0 saturated heterocycles. The van der Waals surface area contributed by atoms with Crippen molar-refractivity contribution in [1.29, 1.82) is 0 Å². The topological polar surface area (TPSA) is 66.1 Å². The fraction of sp³-hybridized carbons (Fsp3) is 0.105. The number of carbonyl (C=O) groups is 2. The summed E-state index contributed by atoms with van der Waals surface area (Å²) in [5, 5.41) is 0.542. The van der Waals surface area contributed by atoms with Crippen LogP contribution in [-0.2, 0) is 4.79 Å². The Hall–Kier alpha value is -2.92. The highest BCUT2D eigenvalue weighted by Crippen LogP contribution is 2.24. The molecule has 1 N–H and O–H groups in total. The smallest absolute Gasteiger partial charge is 0.241 e. The van der Waals surface area contributed by atoms with Crippen LogP contribution in [0.25, 0.3) is 0 Å². The third kappa shape index (κ3) is 3.95. The van der Waals surface area contributed by atoms with Gasteiger partial charge >= 0.3 is 0 Å².